The van der Waals surface area contributed by atoms with E-state index in [1.807, 2.05) is 0 Å². The Kier molecular flexibility index (Phi) is 3.12. The summed E-state index contributed by atoms with van der Waals surface area (Å²) in [4.78, 5) is 3.44. The van der Waals surface area contributed by atoms with E-state index in [1.54, 1.807) is 9.80 Å². The summed E-state index contributed by atoms with van der Waals surface area (Å²) in [5, 5.41) is 0. The fourth-order valence-electron chi connectivity index (χ4n) is 1.53. The van der Waals surface area contributed by atoms with Crippen LogP contribution in [0.3, 0.4) is 0 Å². The number of nitrogens with one attached hydrogen (secondary N) is 2. The van der Waals surface area contributed by atoms with Crippen molar-refractivity contribution in [1.29, 1.82) is 0 Å². The summed E-state index contributed by atoms with van der Waals surface area (Å²) in [5.74, 6) is 0. The molecular weight excluding hydrogens is 126 g/mol. The molecule has 0 atom stereocenters. The molecule has 1 rings (SSSR count). The topological polar surface area (TPSA) is 36.5 Å². The van der Waals surface area contributed by atoms with Gasteiger partial charge in [-0.15, -0.1) is 0 Å². The molecule has 1 fully saturated rings. The lowest BCUT2D eigenvalue weighted by Gasteiger charge is -2.26. The Hall–Kier alpha value is -0.120. The van der Waals surface area contributed by atoms with Crippen LogP contribution >= 0.6 is 0 Å². The lowest BCUT2D eigenvalue weighted by molar-refractivity contribution is -1.01. The molecule has 3 heteroatoms. The molecule has 60 valence electrons. The number of hydrogen-bond donors (Lipinski definition) is 3. The normalized spacial score (nSPS) is 34.2. The first-order valence-corrected chi connectivity index (χ1v) is 4.27. The average molecular weight is 146 g/mol. The first kappa shape index (κ1) is 7.98. The summed E-state index contributed by atoms with van der Waals surface area (Å²) >= 11 is 0. The number of quaternary nitrogens is 3. The molecule has 1 saturated heterocycles. The highest BCUT2D eigenvalue weighted by atomic mass is 15.2. The van der Waals surface area contributed by atoms with Crippen LogP contribution in [-0.2, 0) is 0 Å². The van der Waals surface area contributed by atoms with Gasteiger partial charge in [0.1, 0.15) is 39.3 Å². The van der Waals surface area contributed by atoms with Gasteiger partial charge in [0.15, 0.2) is 0 Å². The molecular formula is C7H20N3+3. The third-order valence-electron chi connectivity index (χ3n) is 2.34. The molecule has 1 heterocycles. The van der Waals surface area contributed by atoms with Crippen LogP contribution in [0.1, 0.15) is 0 Å². The van der Waals surface area contributed by atoms with E-state index in [-0.39, 0.29) is 0 Å². The van der Waals surface area contributed by atoms with Gasteiger partial charge in [0.25, 0.3) is 0 Å². The smallest absolute Gasteiger partial charge is 0.127 e. The molecule has 0 bridgehead atoms. The van der Waals surface area contributed by atoms with Crippen LogP contribution in [-0.4, -0.2) is 46.3 Å². The summed E-state index contributed by atoms with van der Waals surface area (Å²) in [6.07, 6.45) is 0. The van der Waals surface area contributed by atoms with Gasteiger partial charge in [0.2, 0.25) is 0 Å². The van der Waals surface area contributed by atoms with E-state index in [0.29, 0.717) is 0 Å². The van der Waals surface area contributed by atoms with E-state index in [0.717, 1.165) is 6.54 Å². The SMILES string of the molecule is C[NH+]1CC[NH+](CC[NH3+])CC1. The second-order valence-electron chi connectivity index (χ2n) is 3.31. The highest BCUT2D eigenvalue weighted by Gasteiger charge is 2.18. The molecule has 5 N–H and O–H groups in total. The minimum absolute atomic E-state index is 1.09. The van der Waals surface area contributed by atoms with Gasteiger partial charge in [0.05, 0.1) is 7.05 Å². The maximum absolute atomic E-state index is 3.87. The Morgan fingerprint density at radius 1 is 1.20 bits per heavy atom. The quantitative estimate of drug-likeness (QED) is 0.352. The van der Waals surface area contributed by atoms with E-state index in [2.05, 4.69) is 12.8 Å². The average Bonchev–Trinajstić information content (AvgIpc) is 1.95. The minimum Gasteiger partial charge on any atom is -0.353 e. The van der Waals surface area contributed by atoms with Gasteiger partial charge in [0, 0.05) is 0 Å². The number of likely N-dealkylation sites (N-methyl/N-ethyl adjacent to an activating group) is 1. The predicted molar refractivity (Wildman–Crippen MR) is 39.9 cm³/mol. The molecule has 0 amide bonds. The first-order valence-electron chi connectivity index (χ1n) is 4.27. The van der Waals surface area contributed by atoms with Crippen molar-refractivity contribution < 1.29 is 15.5 Å². The van der Waals surface area contributed by atoms with Crippen LogP contribution in [0.25, 0.3) is 0 Å². The molecule has 0 spiro atoms. The van der Waals surface area contributed by atoms with Crippen molar-refractivity contribution >= 4 is 0 Å². The van der Waals surface area contributed by atoms with Gasteiger partial charge in [-0.05, 0) is 0 Å². The highest BCUT2D eigenvalue weighted by molar-refractivity contribution is 4.35. The third kappa shape index (κ3) is 2.25. The monoisotopic (exact) mass is 146 g/mol. The van der Waals surface area contributed by atoms with Crippen LogP contribution in [0.5, 0.6) is 0 Å². The molecule has 0 aliphatic carbocycles. The lowest BCUT2D eigenvalue weighted by atomic mass is 10.3. The zero-order valence-corrected chi connectivity index (χ0v) is 6.95. The van der Waals surface area contributed by atoms with Gasteiger partial charge in [-0.1, -0.05) is 0 Å². The van der Waals surface area contributed by atoms with Crippen molar-refractivity contribution in [2.24, 2.45) is 0 Å². The number of piperazine rings is 1. The zero-order valence-electron chi connectivity index (χ0n) is 6.95. The van der Waals surface area contributed by atoms with Crippen LogP contribution < -0.4 is 15.5 Å². The Balaban J connectivity index is 2.13. The van der Waals surface area contributed by atoms with E-state index < -0.39 is 0 Å². The molecule has 1 aliphatic rings. The Morgan fingerprint density at radius 2 is 1.80 bits per heavy atom. The summed E-state index contributed by atoms with van der Waals surface area (Å²) in [7, 11) is 2.28. The molecule has 0 unspecified atom stereocenters. The Labute approximate surface area is 62.8 Å². The molecule has 0 aromatic rings. The van der Waals surface area contributed by atoms with Crippen LogP contribution in [0.2, 0.25) is 0 Å². The van der Waals surface area contributed by atoms with E-state index in [4.69, 9.17) is 0 Å². The molecule has 1 aliphatic heterocycles. The maximum Gasteiger partial charge on any atom is 0.127 e. The van der Waals surface area contributed by atoms with Crippen LogP contribution in [0.4, 0.5) is 0 Å². The lowest BCUT2D eigenvalue weighted by Crippen LogP contribution is -3.27. The second-order valence-corrected chi connectivity index (χ2v) is 3.31. The molecule has 0 saturated carbocycles. The summed E-state index contributed by atoms with van der Waals surface area (Å²) < 4.78 is 0. The predicted octanol–water partition coefficient (Wildman–Crippen LogP) is -4.36. The van der Waals surface area contributed by atoms with Crippen molar-refractivity contribution in [2.45, 2.75) is 0 Å². The van der Waals surface area contributed by atoms with E-state index >= 15 is 0 Å². The fourth-order valence-corrected chi connectivity index (χ4v) is 1.53. The third-order valence-corrected chi connectivity index (χ3v) is 2.34. The molecule has 0 aromatic heterocycles. The summed E-state index contributed by atoms with van der Waals surface area (Å²) in [5.41, 5.74) is 3.87. The molecule has 10 heavy (non-hydrogen) atoms. The molecule has 0 aromatic carbocycles. The van der Waals surface area contributed by atoms with E-state index in [9.17, 15) is 0 Å². The largest absolute Gasteiger partial charge is 0.353 e. The van der Waals surface area contributed by atoms with Crippen LogP contribution in [0.15, 0.2) is 0 Å². The van der Waals surface area contributed by atoms with Gasteiger partial charge in [-0.25, -0.2) is 0 Å². The van der Waals surface area contributed by atoms with Crippen molar-refractivity contribution in [2.75, 3.05) is 46.3 Å². The summed E-state index contributed by atoms with van der Waals surface area (Å²) in [6.45, 7) is 7.75. The first-order chi connectivity index (χ1) is 4.83. The van der Waals surface area contributed by atoms with Gasteiger partial charge in [-0.2, -0.15) is 0 Å². The van der Waals surface area contributed by atoms with Crippen LogP contribution in [0, 0.1) is 0 Å². The van der Waals surface area contributed by atoms with Crippen molar-refractivity contribution in [3.8, 4) is 0 Å². The Bertz CT molecular complexity index is 86.9. The zero-order chi connectivity index (χ0) is 7.40. The number of hydrogen-bond acceptors (Lipinski definition) is 0. The maximum atomic E-state index is 3.87. The highest BCUT2D eigenvalue weighted by Crippen LogP contribution is 1.54. The Morgan fingerprint density at radius 3 is 2.30 bits per heavy atom. The summed E-state index contributed by atoms with van der Waals surface area (Å²) in [6, 6.07) is 0. The van der Waals surface area contributed by atoms with Crippen molar-refractivity contribution in [3.05, 3.63) is 0 Å². The van der Waals surface area contributed by atoms with Gasteiger partial charge < -0.3 is 15.5 Å². The molecule has 0 radical (unpaired) electrons. The van der Waals surface area contributed by atoms with Crippen molar-refractivity contribution in [1.82, 2.24) is 0 Å². The minimum atomic E-state index is 1.09. The number of rotatable bonds is 2. The van der Waals surface area contributed by atoms with Gasteiger partial charge in [-0.3, -0.25) is 0 Å². The molecule has 3 nitrogen and oxygen atoms in total. The second kappa shape index (κ2) is 3.91. The van der Waals surface area contributed by atoms with E-state index in [1.165, 1.54) is 32.7 Å². The standard InChI is InChI=1S/C7H17N3/c1-9-4-6-10(3-2-8)7-5-9/h2-8H2,1H3/p+3. The fraction of sp³-hybridized carbons (Fsp3) is 1.00. The van der Waals surface area contributed by atoms with Crippen molar-refractivity contribution in [3.63, 3.8) is 0 Å². The van der Waals surface area contributed by atoms with Gasteiger partial charge >= 0.3 is 0 Å².